The number of alkyl halides is 3. The lowest BCUT2D eigenvalue weighted by Crippen LogP contribution is -2.20. The predicted molar refractivity (Wildman–Crippen MR) is 55.5 cm³/mol. The Bertz CT molecular complexity index is 350. The number of aryl methyl sites for hydroxylation is 1. The number of benzene rings is 1. The quantitative estimate of drug-likeness (QED) is 0.866. The first-order valence-corrected chi connectivity index (χ1v) is 4.91. The van der Waals surface area contributed by atoms with Crippen LogP contribution >= 0.6 is 0 Å². The van der Waals surface area contributed by atoms with Crippen molar-refractivity contribution in [2.75, 3.05) is 13.2 Å². The van der Waals surface area contributed by atoms with Crippen molar-refractivity contribution in [3.8, 4) is 5.75 Å². The number of nitrogens with two attached hydrogens (primary N) is 1. The minimum absolute atomic E-state index is 0.258. The molecule has 2 N–H and O–H groups in total. The molecule has 0 fully saturated rings. The normalized spacial score (nSPS) is 11.6. The van der Waals surface area contributed by atoms with Crippen molar-refractivity contribution in [1.29, 1.82) is 0 Å². The third-order valence-electron chi connectivity index (χ3n) is 2.02. The maximum atomic E-state index is 12.0. The van der Waals surface area contributed by atoms with Crippen LogP contribution in [0.25, 0.3) is 0 Å². The standard InChI is InChI=1S/C11H14F3NO/c1-8-2-3-10(9(6-8)4-5-15)16-7-11(12,13)14/h2-3,6H,4-5,7,15H2,1H3. The summed E-state index contributed by atoms with van der Waals surface area (Å²) in [6.07, 6.45) is -3.81. The SMILES string of the molecule is Cc1ccc(OCC(F)(F)F)c(CCN)c1. The van der Waals surface area contributed by atoms with Gasteiger partial charge in [0.15, 0.2) is 6.61 Å². The van der Waals surface area contributed by atoms with E-state index < -0.39 is 12.8 Å². The van der Waals surface area contributed by atoms with E-state index in [1.165, 1.54) is 0 Å². The lowest BCUT2D eigenvalue weighted by atomic mass is 10.1. The highest BCUT2D eigenvalue weighted by molar-refractivity contribution is 5.37. The van der Waals surface area contributed by atoms with Crippen molar-refractivity contribution in [1.82, 2.24) is 0 Å². The van der Waals surface area contributed by atoms with Crippen LogP contribution in [0.2, 0.25) is 0 Å². The number of ether oxygens (including phenoxy) is 1. The van der Waals surface area contributed by atoms with Gasteiger partial charge in [-0.2, -0.15) is 13.2 Å². The Kier molecular flexibility index (Phi) is 4.18. The second kappa shape index (κ2) is 5.21. The lowest BCUT2D eigenvalue weighted by Gasteiger charge is -2.13. The molecule has 1 aromatic rings. The Morgan fingerprint density at radius 3 is 2.56 bits per heavy atom. The monoisotopic (exact) mass is 233 g/mol. The molecule has 0 aliphatic rings. The predicted octanol–water partition coefficient (Wildman–Crippen LogP) is 2.44. The third-order valence-corrected chi connectivity index (χ3v) is 2.02. The molecule has 0 aliphatic carbocycles. The van der Waals surface area contributed by atoms with Gasteiger partial charge < -0.3 is 10.5 Å². The molecule has 1 rings (SSSR count). The van der Waals surface area contributed by atoms with Gasteiger partial charge in [0, 0.05) is 0 Å². The van der Waals surface area contributed by atoms with Crippen LogP contribution in [-0.4, -0.2) is 19.3 Å². The second-order valence-electron chi connectivity index (χ2n) is 3.55. The molecule has 0 heterocycles. The Hall–Kier alpha value is -1.23. The molecule has 0 aliphatic heterocycles. The highest BCUT2D eigenvalue weighted by Crippen LogP contribution is 2.23. The molecule has 5 heteroatoms. The van der Waals surface area contributed by atoms with Crippen molar-refractivity contribution in [2.24, 2.45) is 5.73 Å². The van der Waals surface area contributed by atoms with E-state index in [1.54, 1.807) is 18.2 Å². The van der Waals surface area contributed by atoms with Crippen LogP contribution in [0.3, 0.4) is 0 Å². The Labute approximate surface area is 92.2 Å². The van der Waals surface area contributed by atoms with Crippen LogP contribution in [0.4, 0.5) is 13.2 Å². The Morgan fingerprint density at radius 2 is 2.00 bits per heavy atom. The van der Waals surface area contributed by atoms with Crippen molar-refractivity contribution < 1.29 is 17.9 Å². The van der Waals surface area contributed by atoms with Gasteiger partial charge in [-0.15, -0.1) is 0 Å². The summed E-state index contributed by atoms with van der Waals surface area (Å²) < 4.78 is 40.7. The highest BCUT2D eigenvalue weighted by Gasteiger charge is 2.28. The molecule has 2 nitrogen and oxygen atoms in total. The van der Waals surface area contributed by atoms with Gasteiger partial charge in [0.25, 0.3) is 0 Å². The summed E-state index contributed by atoms with van der Waals surface area (Å²) in [5.74, 6) is 0.258. The maximum Gasteiger partial charge on any atom is 0.422 e. The minimum Gasteiger partial charge on any atom is -0.484 e. The van der Waals surface area contributed by atoms with Gasteiger partial charge in [0.2, 0.25) is 0 Å². The zero-order valence-corrected chi connectivity index (χ0v) is 8.97. The van der Waals surface area contributed by atoms with Gasteiger partial charge in [0.1, 0.15) is 5.75 Å². The van der Waals surface area contributed by atoms with E-state index in [2.05, 4.69) is 0 Å². The van der Waals surface area contributed by atoms with Gasteiger partial charge in [-0.3, -0.25) is 0 Å². The van der Waals surface area contributed by atoms with E-state index in [0.29, 0.717) is 18.5 Å². The smallest absolute Gasteiger partial charge is 0.422 e. The first-order valence-electron chi connectivity index (χ1n) is 4.91. The highest BCUT2D eigenvalue weighted by atomic mass is 19.4. The molecular weight excluding hydrogens is 219 g/mol. The van der Waals surface area contributed by atoms with E-state index in [9.17, 15) is 13.2 Å². The summed E-state index contributed by atoms with van der Waals surface area (Å²) in [5, 5.41) is 0. The van der Waals surface area contributed by atoms with Crippen LogP contribution < -0.4 is 10.5 Å². The van der Waals surface area contributed by atoms with Crippen LogP contribution in [0.15, 0.2) is 18.2 Å². The van der Waals surface area contributed by atoms with Gasteiger partial charge in [-0.1, -0.05) is 17.7 Å². The number of hydrogen-bond acceptors (Lipinski definition) is 2. The molecule has 0 unspecified atom stereocenters. The van der Waals surface area contributed by atoms with Crippen molar-refractivity contribution in [2.45, 2.75) is 19.5 Å². The average molecular weight is 233 g/mol. The first-order chi connectivity index (χ1) is 7.42. The molecule has 0 aromatic heterocycles. The van der Waals surface area contributed by atoms with Crippen molar-refractivity contribution in [3.05, 3.63) is 29.3 Å². The fraction of sp³-hybridized carbons (Fsp3) is 0.455. The zero-order valence-electron chi connectivity index (χ0n) is 8.97. The largest absolute Gasteiger partial charge is 0.484 e. The minimum atomic E-state index is -4.31. The van der Waals surface area contributed by atoms with Gasteiger partial charge in [0.05, 0.1) is 0 Å². The van der Waals surface area contributed by atoms with E-state index >= 15 is 0 Å². The van der Waals surface area contributed by atoms with Crippen LogP contribution in [-0.2, 0) is 6.42 Å². The molecule has 90 valence electrons. The molecular formula is C11H14F3NO. The molecule has 0 amide bonds. The molecule has 0 spiro atoms. The van der Waals surface area contributed by atoms with Crippen molar-refractivity contribution >= 4 is 0 Å². The van der Waals surface area contributed by atoms with Gasteiger partial charge in [-0.05, 0) is 31.5 Å². The van der Waals surface area contributed by atoms with E-state index in [0.717, 1.165) is 5.56 Å². The molecule has 0 atom stereocenters. The second-order valence-corrected chi connectivity index (χ2v) is 3.55. The Balaban J connectivity index is 2.78. The topological polar surface area (TPSA) is 35.2 Å². The molecule has 0 saturated carbocycles. The lowest BCUT2D eigenvalue weighted by molar-refractivity contribution is -0.153. The van der Waals surface area contributed by atoms with E-state index in [-0.39, 0.29) is 5.75 Å². The summed E-state index contributed by atoms with van der Waals surface area (Å²) >= 11 is 0. The van der Waals surface area contributed by atoms with Crippen LogP contribution in [0, 0.1) is 6.92 Å². The van der Waals surface area contributed by atoms with Crippen LogP contribution in [0.1, 0.15) is 11.1 Å². The third kappa shape index (κ3) is 4.10. The summed E-state index contributed by atoms with van der Waals surface area (Å²) in [5.41, 5.74) is 7.07. The zero-order chi connectivity index (χ0) is 12.2. The first kappa shape index (κ1) is 12.8. The molecule has 16 heavy (non-hydrogen) atoms. The maximum absolute atomic E-state index is 12.0. The number of hydrogen-bond donors (Lipinski definition) is 1. The molecule has 0 bridgehead atoms. The molecule has 1 aromatic carbocycles. The molecule has 0 radical (unpaired) electrons. The molecule has 0 saturated heterocycles. The summed E-state index contributed by atoms with van der Waals surface area (Å²) in [6, 6.07) is 5.05. The summed E-state index contributed by atoms with van der Waals surface area (Å²) in [4.78, 5) is 0. The van der Waals surface area contributed by atoms with Gasteiger partial charge >= 0.3 is 6.18 Å². The number of halogens is 3. The van der Waals surface area contributed by atoms with Gasteiger partial charge in [-0.25, -0.2) is 0 Å². The van der Waals surface area contributed by atoms with Crippen molar-refractivity contribution in [3.63, 3.8) is 0 Å². The summed E-state index contributed by atoms with van der Waals surface area (Å²) in [7, 11) is 0. The number of rotatable bonds is 4. The average Bonchev–Trinajstić information content (AvgIpc) is 2.15. The Morgan fingerprint density at radius 1 is 1.31 bits per heavy atom. The van der Waals surface area contributed by atoms with E-state index in [1.807, 2.05) is 6.92 Å². The van der Waals surface area contributed by atoms with E-state index in [4.69, 9.17) is 10.5 Å². The van der Waals surface area contributed by atoms with Crippen LogP contribution in [0.5, 0.6) is 5.75 Å². The summed E-state index contributed by atoms with van der Waals surface area (Å²) in [6.45, 7) is 0.979. The fourth-order valence-electron chi connectivity index (χ4n) is 1.36. The fourth-order valence-corrected chi connectivity index (χ4v) is 1.36.